The monoisotopic (exact) mass is 315 g/mol. The number of alkyl halides is 3. The molecule has 1 aliphatic heterocycles. The average molecular weight is 315 g/mol. The van der Waals surface area contributed by atoms with Crippen LogP contribution in [0.1, 0.15) is 18.4 Å². The van der Waals surface area contributed by atoms with Gasteiger partial charge in [0.05, 0.1) is 0 Å². The van der Waals surface area contributed by atoms with Gasteiger partial charge in [0, 0.05) is 25.7 Å². The highest BCUT2D eigenvalue weighted by molar-refractivity contribution is 5.74. The lowest BCUT2D eigenvalue weighted by Gasteiger charge is -2.32. The Morgan fingerprint density at radius 3 is 2.41 bits per heavy atom. The molecule has 2 N–H and O–H groups in total. The quantitative estimate of drug-likeness (QED) is 0.897. The summed E-state index contributed by atoms with van der Waals surface area (Å²) in [6.45, 7) is 1.19. The van der Waals surface area contributed by atoms with Crippen molar-refractivity contribution in [3.8, 4) is 0 Å². The molecule has 1 aromatic rings. The van der Waals surface area contributed by atoms with Gasteiger partial charge in [-0.25, -0.2) is 4.79 Å². The van der Waals surface area contributed by atoms with Gasteiger partial charge in [0.15, 0.2) is 0 Å². The second-order valence-electron chi connectivity index (χ2n) is 5.48. The Balaban J connectivity index is 1.68. The fraction of sp³-hybridized carbons (Fsp3) is 0.533. The summed E-state index contributed by atoms with van der Waals surface area (Å²) in [5.74, 6) is 0. The molecule has 7 heteroatoms. The Morgan fingerprint density at radius 1 is 1.18 bits per heavy atom. The highest BCUT2D eigenvalue weighted by atomic mass is 19.4. The van der Waals surface area contributed by atoms with Crippen molar-refractivity contribution in [3.05, 3.63) is 35.9 Å². The van der Waals surface area contributed by atoms with Crippen molar-refractivity contribution in [1.82, 2.24) is 15.5 Å². The number of nitrogens with zero attached hydrogens (tertiary/aromatic N) is 1. The molecule has 1 aliphatic rings. The predicted octanol–water partition coefficient (Wildman–Crippen LogP) is 2.51. The van der Waals surface area contributed by atoms with Crippen LogP contribution < -0.4 is 10.6 Å². The SMILES string of the molecule is O=C(NCC(F)(F)F)NC1CCN(Cc2ccccc2)CC1. The molecule has 4 nitrogen and oxygen atoms in total. The Labute approximate surface area is 127 Å². The van der Waals surface area contributed by atoms with Crippen LogP contribution in [0, 0.1) is 0 Å². The van der Waals surface area contributed by atoms with Crippen LogP contribution in [-0.4, -0.2) is 42.8 Å². The molecule has 2 amide bonds. The average Bonchev–Trinajstić information content (AvgIpc) is 2.48. The first-order valence-corrected chi connectivity index (χ1v) is 7.30. The zero-order valence-corrected chi connectivity index (χ0v) is 12.2. The van der Waals surface area contributed by atoms with Crippen molar-refractivity contribution >= 4 is 6.03 Å². The topological polar surface area (TPSA) is 44.4 Å². The van der Waals surface area contributed by atoms with Crippen LogP contribution in [0.4, 0.5) is 18.0 Å². The minimum atomic E-state index is -4.38. The second kappa shape index (κ2) is 7.49. The second-order valence-corrected chi connectivity index (χ2v) is 5.48. The lowest BCUT2D eigenvalue weighted by Crippen LogP contribution is -2.49. The van der Waals surface area contributed by atoms with E-state index in [0.29, 0.717) is 0 Å². The van der Waals surface area contributed by atoms with E-state index >= 15 is 0 Å². The van der Waals surface area contributed by atoms with E-state index in [1.54, 1.807) is 0 Å². The summed E-state index contributed by atoms with van der Waals surface area (Å²) in [6, 6.07) is 9.27. The molecule has 0 aliphatic carbocycles. The maximum absolute atomic E-state index is 12.0. The summed E-state index contributed by atoms with van der Waals surface area (Å²) in [4.78, 5) is 13.7. The minimum Gasteiger partial charge on any atom is -0.335 e. The molecule has 0 saturated carbocycles. The molecule has 1 fully saturated rings. The van der Waals surface area contributed by atoms with E-state index in [9.17, 15) is 18.0 Å². The van der Waals surface area contributed by atoms with Gasteiger partial charge in [-0.15, -0.1) is 0 Å². The van der Waals surface area contributed by atoms with Crippen LogP contribution in [0.5, 0.6) is 0 Å². The maximum Gasteiger partial charge on any atom is 0.405 e. The third-order valence-electron chi connectivity index (χ3n) is 3.62. The molecule has 122 valence electrons. The largest absolute Gasteiger partial charge is 0.405 e. The van der Waals surface area contributed by atoms with Gasteiger partial charge in [-0.05, 0) is 18.4 Å². The number of amides is 2. The molecule has 0 spiro atoms. The molecule has 0 atom stereocenters. The number of hydrogen-bond acceptors (Lipinski definition) is 2. The Bertz CT molecular complexity index is 471. The zero-order valence-electron chi connectivity index (χ0n) is 12.2. The lowest BCUT2D eigenvalue weighted by atomic mass is 10.0. The smallest absolute Gasteiger partial charge is 0.335 e. The third-order valence-corrected chi connectivity index (χ3v) is 3.62. The molecule has 0 aromatic heterocycles. The van der Waals surface area contributed by atoms with E-state index < -0.39 is 18.8 Å². The number of carbonyl (C=O) groups is 1. The van der Waals surface area contributed by atoms with Crippen LogP contribution in [0.2, 0.25) is 0 Å². The summed E-state index contributed by atoms with van der Waals surface area (Å²) in [7, 11) is 0. The fourth-order valence-corrected chi connectivity index (χ4v) is 2.49. The van der Waals surface area contributed by atoms with Gasteiger partial charge in [-0.3, -0.25) is 4.90 Å². The van der Waals surface area contributed by atoms with Crippen molar-refractivity contribution in [2.24, 2.45) is 0 Å². The van der Waals surface area contributed by atoms with Gasteiger partial charge in [-0.2, -0.15) is 13.2 Å². The predicted molar refractivity (Wildman–Crippen MR) is 77.3 cm³/mol. The van der Waals surface area contributed by atoms with Gasteiger partial charge in [0.2, 0.25) is 0 Å². The molecule has 0 unspecified atom stereocenters. The van der Waals surface area contributed by atoms with Crippen LogP contribution >= 0.6 is 0 Å². The lowest BCUT2D eigenvalue weighted by molar-refractivity contribution is -0.122. The molecule has 1 aromatic carbocycles. The first kappa shape index (κ1) is 16.6. The number of hydrogen-bond donors (Lipinski definition) is 2. The summed E-state index contributed by atoms with van der Waals surface area (Å²) < 4.78 is 36.0. The number of halogens is 3. The van der Waals surface area contributed by atoms with Crippen molar-refractivity contribution in [2.75, 3.05) is 19.6 Å². The summed E-state index contributed by atoms with van der Waals surface area (Å²) in [5, 5.41) is 4.43. The van der Waals surface area contributed by atoms with Crippen LogP contribution in [0.15, 0.2) is 30.3 Å². The number of benzene rings is 1. The van der Waals surface area contributed by atoms with E-state index in [1.165, 1.54) is 5.56 Å². The van der Waals surface area contributed by atoms with Crippen molar-refractivity contribution in [2.45, 2.75) is 31.6 Å². The van der Waals surface area contributed by atoms with E-state index in [1.807, 2.05) is 23.5 Å². The molecule has 22 heavy (non-hydrogen) atoms. The molecule has 0 radical (unpaired) electrons. The number of piperidine rings is 1. The van der Waals surface area contributed by atoms with Crippen LogP contribution in [-0.2, 0) is 6.54 Å². The highest BCUT2D eigenvalue weighted by Crippen LogP contribution is 2.14. The van der Waals surface area contributed by atoms with Gasteiger partial charge in [0.1, 0.15) is 6.54 Å². The molecular weight excluding hydrogens is 295 g/mol. The Hall–Kier alpha value is -1.76. The van der Waals surface area contributed by atoms with E-state index in [-0.39, 0.29) is 6.04 Å². The van der Waals surface area contributed by atoms with Crippen molar-refractivity contribution in [3.63, 3.8) is 0 Å². The molecular formula is C15H20F3N3O. The molecule has 2 rings (SSSR count). The van der Waals surface area contributed by atoms with Crippen molar-refractivity contribution in [1.29, 1.82) is 0 Å². The summed E-state index contributed by atoms with van der Waals surface area (Å²) in [5.41, 5.74) is 1.23. The van der Waals surface area contributed by atoms with Crippen molar-refractivity contribution < 1.29 is 18.0 Å². The number of urea groups is 1. The first-order chi connectivity index (χ1) is 10.4. The van der Waals surface area contributed by atoms with E-state index in [2.05, 4.69) is 22.3 Å². The van der Waals surface area contributed by atoms with Gasteiger partial charge in [-0.1, -0.05) is 30.3 Å². The number of likely N-dealkylation sites (tertiary alicyclic amines) is 1. The van der Waals surface area contributed by atoms with Crippen LogP contribution in [0.3, 0.4) is 0 Å². The maximum atomic E-state index is 12.0. The van der Waals surface area contributed by atoms with Gasteiger partial charge in [0.25, 0.3) is 0 Å². The molecule has 1 saturated heterocycles. The fourth-order valence-electron chi connectivity index (χ4n) is 2.49. The Kier molecular flexibility index (Phi) is 5.65. The number of carbonyl (C=O) groups excluding carboxylic acids is 1. The standard InChI is InChI=1S/C15H20F3N3O/c16-15(17,18)11-19-14(22)20-13-6-8-21(9-7-13)10-12-4-2-1-3-5-12/h1-5,13H,6-11H2,(H2,19,20,22). The number of nitrogens with one attached hydrogen (secondary N) is 2. The van der Waals surface area contributed by atoms with Crippen LogP contribution in [0.25, 0.3) is 0 Å². The Morgan fingerprint density at radius 2 is 1.82 bits per heavy atom. The number of rotatable bonds is 4. The third kappa shape index (κ3) is 5.93. The van der Waals surface area contributed by atoms with E-state index in [0.717, 1.165) is 32.5 Å². The minimum absolute atomic E-state index is 0.0692. The normalized spacial score (nSPS) is 17.2. The summed E-state index contributed by atoms with van der Waals surface area (Å²) in [6.07, 6.45) is -2.89. The molecule has 0 bridgehead atoms. The first-order valence-electron chi connectivity index (χ1n) is 7.30. The highest BCUT2D eigenvalue weighted by Gasteiger charge is 2.28. The van der Waals surface area contributed by atoms with E-state index in [4.69, 9.17) is 0 Å². The summed E-state index contributed by atoms with van der Waals surface area (Å²) >= 11 is 0. The van der Waals surface area contributed by atoms with Gasteiger partial charge >= 0.3 is 12.2 Å². The zero-order chi connectivity index (χ0) is 16.0. The van der Waals surface area contributed by atoms with Gasteiger partial charge < -0.3 is 10.6 Å². The molecule has 1 heterocycles.